The molecule has 1 aliphatic rings. The average molecular weight is 434 g/mol. The van der Waals surface area contributed by atoms with Crippen LogP contribution in [0.4, 0.5) is 18.3 Å². The molecule has 2 heterocycles. The average Bonchev–Trinajstić information content (AvgIpc) is 3.14. The van der Waals surface area contributed by atoms with Gasteiger partial charge >= 0.3 is 6.18 Å². The smallest absolute Gasteiger partial charge is 0.357 e. The SMILES string of the molecule is O=C1CN(C(=O)c2ccc(CNc3nc4cc(C(F)(F)F)ccc4s3)cc2)CCN1. The molecule has 0 atom stereocenters. The number of thiazole rings is 1. The summed E-state index contributed by atoms with van der Waals surface area (Å²) in [5.74, 6) is -0.371. The zero-order chi connectivity index (χ0) is 21.3. The van der Waals surface area contributed by atoms with Crippen molar-refractivity contribution in [3.63, 3.8) is 0 Å². The van der Waals surface area contributed by atoms with Gasteiger partial charge in [-0.3, -0.25) is 9.59 Å². The molecule has 2 aromatic carbocycles. The summed E-state index contributed by atoms with van der Waals surface area (Å²) < 4.78 is 39.2. The molecule has 2 N–H and O–H groups in total. The maximum atomic E-state index is 12.8. The molecule has 1 saturated heterocycles. The number of carbonyl (C=O) groups excluding carboxylic acids is 2. The summed E-state index contributed by atoms with van der Waals surface area (Å²) in [4.78, 5) is 29.6. The Kier molecular flexibility index (Phi) is 5.33. The van der Waals surface area contributed by atoms with Crippen molar-refractivity contribution in [2.75, 3.05) is 25.0 Å². The van der Waals surface area contributed by atoms with Gasteiger partial charge in [0.05, 0.1) is 22.3 Å². The van der Waals surface area contributed by atoms with Crippen molar-refractivity contribution in [1.82, 2.24) is 15.2 Å². The number of fused-ring (bicyclic) bond motifs is 1. The van der Waals surface area contributed by atoms with Crippen molar-refractivity contribution in [1.29, 1.82) is 0 Å². The first-order valence-corrected chi connectivity index (χ1v) is 9.98. The molecular weight excluding hydrogens is 417 g/mol. The van der Waals surface area contributed by atoms with Crippen LogP contribution in [-0.4, -0.2) is 41.3 Å². The van der Waals surface area contributed by atoms with Crippen LogP contribution in [0.15, 0.2) is 42.5 Å². The molecule has 0 radical (unpaired) electrons. The molecule has 10 heteroatoms. The second kappa shape index (κ2) is 7.94. The fraction of sp³-hybridized carbons (Fsp3) is 0.250. The minimum absolute atomic E-state index is 0.0514. The van der Waals surface area contributed by atoms with Crippen LogP contribution in [-0.2, 0) is 17.5 Å². The number of nitrogens with zero attached hydrogens (tertiary/aromatic N) is 2. The predicted molar refractivity (Wildman–Crippen MR) is 107 cm³/mol. The minimum atomic E-state index is -4.40. The number of aromatic nitrogens is 1. The fourth-order valence-electron chi connectivity index (χ4n) is 3.12. The molecule has 1 aliphatic heterocycles. The van der Waals surface area contributed by atoms with Crippen LogP contribution in [0.2, 0.25) is 0 Å². The first-order valence-electron chi connectivity index (χ1n) is 9.16. The summed E-state index contributed by atoms with van der Waals surface area (Å²) in [5.41, 5.74) is 0.952. The van der Waals surface area contributed by atoms with Crippen molar-refractivity contribution in [3.8, 4) is 0 Å². The monoisotopic (exact) mass is 434 g/mol. The van der Waals surface area contributed by atoms with E-state index in [1.165, 1.54) is 22.3 Å². The normalized spacial score (nSPS) is 14.6. The Morgan fingerprint density at radius 1 is 1.20 bits per heavy atom. The number of amides is 2. The molecule has 0 bridgehead atoms. The van der Waals surface area contributed by atoms with Crippen molar-refractivity contribution >= 4 is 38.5 Å². The highest BCUT2D eigenvalue weighted by molar-refractivity contribution is 7.22. The summed E-state index contributed by atoms with van der Waals surface area (Å²) in [6, 6.07) is 10.5. The quantitative estimate of drug-likeness (QED) is 0.659. The van der Waals surface area contributed by atoms with Crippen LogP contribution in [0.5, 0.6) is 0 Å². The van der Waals surface area contributed by atoms with Crippen LogP contribution in [0.3, 0.4) is 0 Å². The largest absolute Gasteiger partial charge is 0.416 e. The van der Waals surface area contributed by atoms with E-state index in [0.29, 0.717) is 40.5 Å². The third kappa shape index (κ3) is 4.38. The molecule has 0 saturated carbocycles. The maximum Gasteiger partial charge on any atom is 0.416 e. The highest BCUT2D eigenvalue weighted by atomic mass is 32.1. The molecule has 4 rings (SSSR count). The number of piperazine rings is 1. The summed E-state index contributed by atoms with van der Waals surface area (Å²) in [6.45, 7) is 1.38. The van der Waals surface area contributed by atoms with Gasteiger partial charge < -0.3 is 15.5 Å². The van der Waals surface area contributed by atoms with Gasteiger partial charge in [0.1, 0.15) is 0 Å². The number of alkyl halides is 3. The number of nitrogens with one attached hydrogen (secondary N) is 2. The standard InChI is InChI=1S/C20H17F3N4O2S/c21-20(22,23)14-5-6-16-15(9-14)26-19(30-16)25-10-12-1-3-13(4-2-12)18(29)27-8-7-24-17(28)11-27/h1-6,9H,7-8,10-11H2,(H,24,28)(H,25,26). The third-order valence-corrected chi connectivity index (χ3v) is 5.68. The van der Waals surface area contributed by atoms with Crippen molar-refractivity contribution in [2.24, 2.45) is 0 Å². The van der Waals surface area contributed by atoms with Gasteiger partial charge in [-0.05, 0) is 35.9 Å². The Labute approximate surface area is 173 Å². The lowest BCUT2D eigenvalue weighted by molar-refractivity contribution is -0.137. The van der Waals surface area contributed by atoms with Gasteiger partial charge in [-0.1, -0.05) is 23.5 Å². The van der Waals surface area contributed by atoms with Crippen LogP contribution in [0, 0.1) is 0 Å². The third-order valence-electron chi connectivity index (χ3n) is 4.69. The van der Waals surface area contributed by atoms with Crippen LogP contribution in [0.1, 0.15) is 21.5 Å². The second-order valence-corrected chi connectivity index (χ2v) is 7.86. The molecular formula is C20H17F3N4O2S. The molecule has 30 heavy (non-hydrogen) atoms. The second-order valence-electron chi connectivity index (χ2n) is 6.83. The Balaban J connectivity index is 1.40. The minimum Gasteiger partial charge on any atom is -0.357 e. The van der Waals surface area contributed by atoms with Crippen molar-refractivity contribution in [2.45, 2.75) is 12.7 Å². The Morgan fingerprint density at radius 2 is 1.97 bits per heavy atom. The van der Waals surface area contributed by atoms with E-state index in [4.69, 9.17) is 0 Å². The van der Waals surface area contributed by atoms with Gasteiger partial charge in [0, 0.05) is 25.2 Å². The van der Waals surface area contributed by atoms with Crippen molar-refractivity contribution < 1.29 is 22.8 Å². The zero-order valence-electron chi connectivity index (χ0n) is 15.6. The van der Waals surface area contributed by atoms with Crippen LogP contribution < -0.4 is 10.6 Å². The van der Waals surface area contributed by atoms with Gasteiger partial charge in [-0.25, -0.2) is 4.98 Å². The predicted octanol–water partition coefficient (Wildman–Crippen LogP) is 3.50. The molecule has 0 aliphatic carbocycles. The highest BCUT2D eigenvalue weighted by Crippen LogP contribution is 2.34. The number of halogens is 3. The molecule has 3 aromatic rings. The van der Waals surface area contributed by atoms with E-state index in [9.17, 15) is 22.8 Å². The summed E-state index contributed by atoms with van der Waals surface area (Å²) in [7, 11) is 0. The van der Waals surface area contributed by atoms with Gasteiger partial charge in [-0.15, -0.1) is 0 Å². The zero-order valence-corrected chi connectivity index (χ0v) is 16.4. The Bertz CT molecular complexity index is 1100. The molecule has 2 amide bonds. The highest BCUT2D eigenvalue weighted by Gasteiger charge is 2.30. The van der Waals surface area contributed by atoms with Gasteiger partial charge in [0.2, 0.25) is 5.91 Å². The van der Waals surface area contributed by atoms with E-state index >= 15 is 0 Å². The molecule has 1 fully saturated rings. The lowest BCUT2D eigenvalue weighted by Crippen LogP contribution is -2.49. The molecule has 6 nitrogen and oxygen atoms in total. The number of hydrogen-bond donors (Lipinski definition) is 2. The van der Waals surface area contributed by atoms with Crippen LogP contribution >= 0.6 is 11.3 Å². The molecule has 1 aromatic heterocycles. The number of hydrogen-bond acceptors (Lipinski definition) is 5. The number of carbonyl (C=O) groups is 2. The number of anilines is 1. The number of benzene rings is 2. The Morgan fingerprint density at radius 3 is 2.67 bits per heavy atom. The fourth-order valence-corrected chi connectivity index (χ4v) is 3.96. The van der Waals surface area contributed by atoms with Gasteiger partial charge in [0.15, 0.2) is 5.13 Å². The first kappa shape index (κ1) is 20.1. The van der Waals surface area contributed by atoms with Crippen molar-refractivity contribution in [3.05, 3.63) is 59.2 Å². The topological polar surface area (TPSA) is 74.3 Å². The summed E-state index contributed by atoms with van der Waals surface area (Å²) >= 11 is 1.27. The first-order chi connectivity index (χ1) is 14.3. The summed E-state index contributed by atoms with van der Waals surface area (Å²) in [5, 5.41) is 6.30. The van der Waals surface area contributed by atoms with Crippen LogP contribution in [0.25, 0.3) is 10.2 Å². The van der Waals surface area contributed by atoms with E-state index in [0.717, 1.165) is 17.7 Å². The van der Waals surface area contributed by atoms with Gasteiger partial charge in [-0.2, -0.15) is 13.2 Å². The lowest BCUT2D eigenvalue weighted by Gasteiger charge is -2.26. The molecule has 0 unspecified atom stereocenters. The van der Waals surface area contributed by atoms with E-state index in [-0.39, 0.29) is 18.4 Å². The van der Waals surface area contributed by atoms with E-state index in [1.807, 2.05) is 0 Å². The van der Waals surface area contributed by atoms with E-state index in [1.54, 1.807) is 24.3 Å². The van der Waals surface area contributed by atoms with E-state index in [2.05, 4.69) is 15.6 Å². The molecule has 156 valence electrons. The number of rotatable bonds is 4. The maximum absolute atomic E-state index is 12.8. The lowest BCUT2D eigenvalue weighted by atomic mass is 10.1. The summed E-state index contributed by atoms with van der Waals surface area (Å²) in [6.07, 6.45) is -4.40. The Hall–Kier alpha value is -3.14. The molecule has 0 spiro atoms. The van der Waals surface area contributed by atoms with E-state index < -0.39 is 11.7 Å². The van der Waals surface area contributed by atoms with Gasteiger partial charge in [0.25, 0.3) is 5.91 Å².